The van der Waals surface area contributed by atoms with Crippen molar-refractivity contribution in [1.29, 1.82) is 0 Å². The van der Waals surface area contributed by atoms with E-state index in [2.05, 4.69) is 26.0 Å². The number of nitrogens with one attached hydrogen (secondary N) is 1. The Balaban J connectivity index is 1.24. The molecule has 0 bridgehead atoms. The summed E-state index contributed by atoms with van der Waals surface area (Å²) in [5.41, 5.74) is 3.12. The number of amides is 1. The van der Waals surface area contributed by atoms with Crippen molar-refractivity contribution in [2.24, 2.45) is 0 Å². The summed E-state index contributed by atoms with van der Waals surface area (Å²) >= 11 is 0. The molecule has 0 radical (unpaired) electrons. The minimum absolute atomic E-state index is 0.0349. The number of imidazole rings is 1. The molecule has 4 rings (SSSR count). The fourth-order valence-corrected chi connectivity index (χ4v) is 3.33. The third kappa shape index (κ3) is 3.83. The smallest absolute Gasteiger partial charge is 0.221 e. The molecular weight excluding hydrogens is 354 g/mol. The third-order valence-electron chi connectivity index (χ3n) is 4.82. The number of ether oxygens (including phenoxy) is 1. The van der Waals surface area contributed by atoms with Gasteiger partial charge in [-0.3, -0.25) is 9.48 Å². The molecule has 0 saturated heterocycles. The summed E-state index contributed by atoms with van der Waals surface area (Å²) in [6.07, 6.45) is 4.91. The molecule has 1 amide bonds. The van der Waals surface area contributed by atoms with Gasteiger partial charge < -0.3 is 14.6 Å². The van der Waals surface area contributed by atoms with Gasteiger partial charge in [0.25, 0.3) is 0 Å². The van der Waals surface area contributed by atoms with Crippen LogP contribution < -0.4 is 10.1 Å². The lowest BCUT2D eigenvalue weighted by atomic mass is 10.2. The number of hydrogen-bond donors (Lipinski definition) is 1. The van der Waals surface area contributed by atoms with E-state index in [1.807, 2.05) is 47.4 Å². The first-order valence-corrected chi connectivity index (χ1v) is 9.41. The van der Waals surface area contributed by atoms with Gasteiger partial charge in [-0.1, -0.05) is 12.1 Å². The monoisotopic (exact) mass is 377 g/mol. The zero-order chi connectivity index (χ0) is 19.3. The number of carbonyl (C=O) groups is 1. The van der Waals surface area contributed by atoms with Gasteiger partial charge in [0.05, 0.1) is 42.7 Å². The number of hydrogen-bond acceptors (Lipinski definition) is 4. The standard InChI is InChI=1S/C21H23N5O2/c1-28-17-7-8-19-16(13-17)14-24-26(19)12-9-21(27)22-10-4-11-25-15-23-18-5-2-3-6-20(18)25/h2-3,5-8,13-15H,4,9-12H2,1H3,(H,22,27). The van der Waals surface area contributed by atoms with E-state index >= 15 is 0 Å². The highest BCUT2D eigenvalue weighted by atomic mass is 16.5. The van der Waals surface area contributed by atoms with Gasteiger partial charge in [0.15, 0.2) is 0 Å². The number of carbonyl (C=O) groups excluding carboxylic acids is 1. The molecule has 2 aromatic heterocycles. The predicted octanol–water partition coefficient (Wildman–Crippen LogP) is 2.99. The molecule has 2 aromatic carbocycles. The molecule has 1 N–H and O–H groups in total. The van der Waals surface area contributed by atoms with Gasteiger partial charge in [-0.05, 0) is 36.8 Å². The second-order valence-corrected chi connectivity index (χ2v) is 6.67. The summed E-state index contributed by atoms with van der Waals surface area (Å²) < 4.78 is 9.20. The van der Waals surface area contributed by atoms with E-state index in [4.69, 9.17) is 4.74 Å². The van der Waals surface area contributed by atoms with E-state index in [-0.39, 0.29) is 5.91 Å². The van der Waals surface area contributed by atoms with Crippen LogP contribution in [0.1, 0.15) is 12.8 Å². The number of aryl methyl sites for hydroxylation is 2. The SMILES string of the molecule is COc1ccc2c(cnn2CCC(=O)NCCCn2cnc3ccccc32)c1. The maximum absolute atomic E-state index is 12.2. The van der Waals surface area contributed by atoms with Crippen LogP contribution in [0.15, 0.2) is 55.0 Å². The van der Waals surface area contributed by atoms with Gasteiger partial charge in [0.2, 0.25) is 5.91 Å². The second kappa shape index (κ2) is 8.12. The largest absolute Gasteiger partial charge is 0.497 e. The van der Waals surface area contributed by atoms with Crippen molar-refractivity contribution in [3.8, 4) is 5.75 Å². The maximum atomic E-state index is 12.2. The first-order chi connectivity index (χ1) is 13.7. The van der Waals surface area contributed by atoms with E-state index in [0.717, 1.165) is 40.7 Å². The van der Waals surface area contributed by atoms with Crippen molar-refractivity contribution in [3.05, 3.63) is 55.0 Å². The molecule has 0 saturated carbocycles. The number of rotatable bonds is 8. The van der Waals surface area contributed by atoms with E-state index in [1.54, 1.807) is 13.3 Å². The molecule has 0 fully saturated rings. The van der Waals surface area contributed by atoms with Gasteiger partial charge in [-0.25, -0.2) is 4.98 Å². The molecule has 0 aliphatic rings. The van der Waals surface area contributed by atoms with Crippen molar-refractivity contribution < 1.29 is 9.53 Å². The van der Waals surface area contributed by atoms with Crippen LogP contribution in [0, 0.1) is 0 Å². The lowest BCUT2D eigenvalue weighted by Gasteiger charge is -2.08. The molecule has 7 nitrogen and oxygen atoms in total. The lowest BCUT2D eigenvalue weighted by Crippen LogP contribution is -2.26. The maximum Gasteiger partial charge on any atom is 0.221 e. The van der Waals surface area contributed by atoms with E-state index < -0.39 is 0 Å². The van der Waals surface area contributed by atoms with Crippen LogP contribution in [0.5, 0.6) is 5.75 Å². The summed E-state index contributed by atoms with van der Waals surface area (Å²) in [5.74, 6) is 0.836. The van der Waals surface area contributed by atoms with Gasteiger partial charge in [-0.2, -0.15) is 5.10 Å². The Kier molecular flexibility index (Phi) is 5.23. The summed E-state index contributed by atoms with van der Waals surface area (Å²) in [7, 11) is 1.64. The van der Waals surface area contributed by atoms with Crippen molar-refractivity contribution in [3.63, 3.8) is 0 Å². The van der Waals surface area contributed by atoms with Crippen LogP contribution >= 0.6 is 0 Å². The summed E-state index contributed by atoms with van der Waals surface area (Å²) in [5, 5.41) is 8.37. The highest BCUT2D eigenvalue weighted by molar-refractivity contribution is 5.81. The number of methoxy groups -OCH3 is 1. The van der Waals surface area contributed by atoms with Gasteiger partial charge >= 0.3 is 0 Å². The van der Waals surface area contributed by atoms with Gasteiger partial charge in [-0.15, -0.1) is 0 Å². The fourth-order valence-electron chi connectivity index (χ4n) is 3.33. The molecule has 7 heteroatoms. The molecule has 0 unspecified atom stereocenters. The Bertz CT molecular complexity index is 1100. The van der Waals surface area contributed by atoms with Gasteiger partial charge in [0, 0.05) is 24.9 Å². The van der Waals surface area contributed by atoms with Crippen molar-refractivity contribution in [2.45, 2.75) is 25.9 Å². The number of nitrogens with zero attached hydrogens (tertiary/aromatic N) is 4. The van der Waals surface area contributed by atoms with Crippen molar-refractivity contribution >= 4 is 27.8 Å². The molecule has 0 spiro atoms. The van der Waals surface area contributed by atoms with E-state index in [1.165, 1.54) is 0 Å². The highest BCUT2D eigenvalue weighted by Gasteiger charge is 2.07. The summed E-state index contributed by atoms with van der Waals surface area (Å²) in [6.45, 7) is 2.02. The first-order valence-electron chi connectivity index (χ1n) is 9.41. The normalized spacial score (nSPS) is 11.2. The summed E-state index contributed by atoms with van der Waals surface area (Å²) in [4.78, 5) is 16.5. The minimum atomic E-state index is 0.0349. The average Bonchev–Trinajstić information content (AvgIpc) is 3.33. The topological polar surface area (TPSA) is 74.0 Å². The molecular formula is C21H23N5O2. The van der Waals surface area contributed by atoms with Crippen LogP contribution in [-0.4, -0.2) is 38.9 Å². The molecule has 28 heavy (non-hydrogen) atoms. The first kappa shape index (κ1) is 18.0. The van der Waals surface area contributed by atoms with Gasteiger partial charge in [0.1, 0.15) is 5.75 Å². The molecule has 2 heterocycles. The Labute approximate surface area is 162 Å². The van der Waals surface area contributed by atoms with Crippen LogP contribution in [0.3, 0.4) is 0 Å². The Morgan fingerprint density at radius 1 is 1.14 bits per heavy atom. The minimum Gasteiger partial charge on any atom is -0.497 e. The van der Waals surface area contributed by atoms with E-state index in [9.17, 15) is 4.79 Å². The van der Waals surface area contributed by atoms with Crippen molar-refractivity contribution in [2.75, 3.05) is 13.7 Å². The third-order valence-corrected chi connectivity index (χ3v) is 4.82. The Hall–Kier alpha value is -3.35. The molecule has 4 aromatic rings. The fraction of sp³-hybridized carbons (Fsp3) is 0.286. The number of fused-ring (bicyclic) bond motifs is 2. The van der Waals surface area contributed by atoms with E-state index in [0.29, 0.717) is 19.5 Å². The summed E-state index contributed by atoms with van der Waals surface area (Å²) in [6, 6.07) is 13.9. The molecule has 144 valence electrons. The predicted molar refractivity (Wildman–Crippen MR) is 108 cm³/mol. The molecule has 0 atom stereocenters. The molecule has 0 aliphatic carbocycles. The van der Waals surface area contributed by atoms with Crippen LogP contribution in [0.25, 0.3) is 21.9 Å². The number of aromatic nitrogens is 4. The Morgan fingerprint density at radius 3 is 2.93 bits per heavy atom. The second-order valence-electron chi connectivity index (χ2n) is 6.67. The zero-order valence-corrected chi connectivity index (χ0v) is 15.8. The Morgan fingerprint density at radius 2 is 2.04 bits per heavy atom. The number of benzene rings is 2. The average molecular weight is 377 g/mol. The number of para-hydroxylation sites is 2. The zero-order valence-electron chi connectivity index (χ0n) is 15.8. The molecule has 0 aliphatic heterocycles. The quantitative estimate of drug-likeness (QED) is 0.479. The van der Waals surface area contributed by atoms with Crippen molar-refractivity contribution in [1.82, 2.24) is 24.6 Å². The van der Waals surface area contributed by atoms with Crippen LogP contribution in [-0.2, 0) is 17.9 Å². The highest BCUT2D eigenvalue weighted by Crippen LogP contribution is 2.20. The van der Waals surface area contributed by atoms with Crippen LogP contribution in [0.2, 0.25) is 0 Å². The lowest BCUT2D eigenvalue weighted by molar-refractivity contribution is -0.121. The van der Waals surface area contributed by atoms with Crippen LogP contribution in [0.4, 0.5) is 0 Å².